The van der Waals surface area contributed by atoms with Crippen LogP contribution in [0.3, 0.4) is 0 Å². The van der Waals surface area contributed by atoms with Crippen LogP contribution in [0.25, 0.3) is 0 Å². The molecule has 0 atom stereocenters. The van der Waals surface area contributed by atoms with Crippen molar-refractivity contribution >= 4 is 11.7 Å². The van der Waals surface area contributed by atoms with Gasteiger partial charge in [0.05, 0.1) is 0 Å². The predicted octanol–water partition coefficient (Wildman–Crippen LogP) is 1.59. The van der Waals surface area contributed by atoms with Crippen molar-refractivity contribution in [3.05, 3.63) is 53.5 Å². The number of rotatable bonds is 4. The molecular formula is C13H13FN4O. The summed E-state index contributed by atoms with van der Waals surface area (Å²) >= 11 is 0. The fourth-order valence-corrected chi connectivity index (χ4v) is 1.49. The van der Waals surface area contributed by atoms with E-state index in [2.05, 4.69) is 20.8 Å². The van der Waals surface area contributed by atoms with Gasteiger partial charge in [-0.05, 0) is 18.2 Å². The van der Waals surface area contributed by atoms with Crippen molar-refractivity contribution in [1.82, 2.24) is 15.5 Å². The fraction of sp³-hybridized carbons (Fsp3) is 0.154. The summed E-state index contributed by atoms with van der Waals surface area (Å²) in [6.45, 7) is 0.112. The smallest absolute Gasteiger partial charge is 0.272 e. The van der Waals surface area contributed by atoms with Gasteiger partial charge < -0.3 is 10.6 Å². The number of hydrogen-bond donors (Lipinski definition) is 2. The number of nitrogens with zero attached hydrogens (tertiary/aromatic N) is 2. The third-order valence-corrected chi connectivity index (χ3v) is 2.55. The lowest BCUT2D eigenvalue weighted by molar-refractivity contribution is 0.0944. The predicted molar refractivity (Wildman–Crippen MR) is 69.1 cm³/mol. The van der Waals surface area contributed by atoms with Crippen LogP contribution < -0.4 is 10.6 Å². The van der Waals surface area contributed by atoms with Crippen molar-refractivity contribution in [3.63, 3.8) is 0 Å². The lowest BCUT2D eigenvalue weighted by Crippen LogP contribution is -2.24. The van der Waals surface area contributed by atoms with Gasteiger partial charge in [0.1, 0.15) is 11.6 Å². The molecule has 0 bridgehead atoms. The van der Waals surface area contributed by atoms with Crippen LogP contribution in [0.4, 0.5) is 10.2 Å². The van der Waals surface area contributed by atoms with Gasteiger partial charge in [-0.2, -0.15) is 0 Å². The molecule has 1 aromatic heterocycles. The molecule has 98 valence electrons. The molecule has 2 rings (SSSR count). The molecule has 0 fully saturated rings. The number of carbonyl (C=O) groups excluding carboxylic acids is 1. The number of hydrogen-bond acceptors (Lipinski definition) is 4. The molecule has 2 aromatic rings. The molecule has 0 spiro atoms. The quantitative estimate of drug-likeness (QED) is 0.876. The Hall–Kier alpha value is -2.50. The molecule has 0 saturated heterocycles. The number of anilines is 1. The monoisotopic (exact) mass is 260 g/mol. The van der Waals surface area contributed by atoms with E-state index in [0.717, 1.165) is 0 Å². The Morgan fingerprint density at radius 3 is 2.63 bits per heavy atom. The highest BCUT2D eigenvalue weighted by atomic mass is 19.1. The lowest BCUT2D eigenvalue weighted by atomic mass is 10.2. The highest BCUT2D eigenvalue weighted by molar-refractivity contribution is 5.92. The van der Waals surface area contributed by atoms with Crippen LogP contribution in [0.15, 0.2) is 36.4 Å². The number of carbonyl (C=O) groups is 1. The normalized spacial score (nSPS) is 10.0. The van der Waals surface area contributed by atoms with E-state index in [0.29, 0.717) is 11.4 Å². The topological polar surface area (TPSA) is 66.9 Å². The summed E-state index contributed by atoms with van der Waals surface area (Å²) in [5, 5.41) is 13.0. The number of aromatic nitrogens is 2. The summed E-state index contributed by atoms with van der Waals surface area (Å²) in [6, 6.07) is 9.48. The summed E-state index contributed by atoms with van der Waals surface area (Å²) in [6.07, 6.45) is 0. The lowest BCUT2D eigenvalue weighted by Gasteiger charge is -2.05. The Bertz CT molecular complexity index is 571. The van der Waals surface area contributed by atoms with Crippen LogP contribution in [-0.4, -0.2) is 23.2 Å². The summed E-state index contributed by atoms with van der Waals surface area (Å²) in [5.41, 5.74) is 0.617. The van der Waals surface area contributed by atoms with E-state index in [9.17, 15) is 9.18 Å². The van der Waals surface area contributed by atoms with Gasteiger partial charge >= 0.3 is 0 Å². The Kier molecular flexibility index (Phi) is 4.02. The van der Waals surface area contributed by atoms with Gasteiger partial charge in [-0.1, -0.05) is 18.2 Å². The second-order valence-electron chi connectivity index (χ2n) is 3.83. The molecule has 1 amide bonds. The number of nitrogens with one attached hydrogen (secondary N) is 2. The van der Waals surface area contributed by atoms with Crippen LogP contribution in [0, 0.1) is 5.82 Å². The Balaban J connectivity index is 1.99. The average Bonchev–Trinajstić information content (AvgIpc) is 2.46. The van der Waals surface area contributed by atoms with Gasteiger partial charge in [0.25, 0.3) is 5.91 Å². The summed E-state index contributed by atoms with van der Waals surface area (Å²) in [4.78, 5) is 11.8. The van der Waals surface area contributed by atoms with E-state index in [4.69, 9.17) is 0 Å². The van der Waals surface area contributed by atoms with Gasteiger partial charge in [0, 0.05) is 19.2 Å². The molecule has 0 radical (unpaired) electrons. The Morgan fingerprint density at radius 1 is 1.21 bits per heavy atom. The van der Waals surface area contributed by atoms with Gasteiger partial charge in [0.2, 0.25) is 0 Å². The van der Waals surface area contributed by atoms with Crippen molar-refractivity contribution in [2.24, 2.45) is 0 Å². The molecule has 0 unspecified atom stereocenters. The molecular weight excluding hydrogens is 247 g/mol. The summed E-state index contributed by atoms with van der Waals surface area (Å²) < 4.78 is 13.4. The first-order chi connectivity index (χ1) is 9.20. The maximum Gasteiger partial charge on any atom is 0.272 e. The molecule has 0 aliphatic heterocycles. The summed E-state index contributed by atoms with van der Waals surface area (Å²) in [5.74, 6) is -0.163. The fourth-order valence-electron chi connectivity index (χ4n) is 1.49. The van der Waals surface area contributed by atoms with Crippen molar-refractivity contribution < 1.29 is 9.18 Å². The van der Waals surface area contributed by atoms with Crippen molar-refractivity contribution in [1.29, 1.82) is 0 Å². The highest BCUT2D eigenvalue weighted by Gasteiger charge is 2.08. The van der Waals surface area contributed by atoms with Crippen LogP contribution in [0.5, 0.6) is 0 Å². The zero-order valence-corrected chi connectivity index (χ0v) is 10.4. The Labute approximate surface area is 109 Å². The molecule has 0 aliphatic carbocycles. The number of benzene rings is 1. The average molecular weight is 260 g/mol. The van der Waals surface area contributed by atoms with E-state index < -0.39 is 5.91 Å². The first-order valence-electron chi connectivity index (χ1n) is 5.74. The zero-order chi connectivity index (χ0) is 13.7. The SMILES string of the molecule is CNc1ccc(C(=O)NCc2ccccc2F)nn1. The molecule has 5 nitrogen and oxygen atoms in total. The minimum atomic E-state index is -0.390. The first-order valence-corrected chi connectivity index (χ1v) is 5.74. The summed E-state index contributed by atoms with van der Waals surface area (Å²) in [7, 11) is 1.71. The maximum absolute atomic E-state index is 13.4. The van der Waals surface area contributed by atoms with Crippen molar-refractivity contribution in [2.45, 2.75) is 6.54 Å². The van der Waals surface area contributed by atoms with Crippen molar-refractivity contribution in [3.8, 4) is 0 Å². The van der Waals surface area contributed by atoms with Crippen LogP contribution in [0.2, 0.25) is 0 Å². The van der Waals surface area contributed by atoms with Crippen LogP contribution >= 0.6 is 0 Å². The van der Waals surface area contributed by atoms with E-state index in [1.807, 2.05) is 0 Å². The van der Waals surface area contributed by atoms with E-state index in [-0.39, 0.29) is 18.1 Å². The number of amides is 1. The highest BCUT2D eigenvalue weighted by Crippen LogP contribution is 2.06. The Morgan fingerprint density at radius 2 is 2.00 bits per heavy atom. The van der Waals surface area contributed by atoms with Gasteiger partial charge in [-0.15, -0.1) is 10.2 Å². The molecule has 0 aliphatic rings. The molecule has 2 N–H and O–H groups in total. The van der Waals surface area contributed by atoms with Crippen molar-refractivity contribution in [2.75, 3.05) is 12.4 Å². The van der Waals surface area contributed by atoms with Crippen LogP contribution in [-0.2, 0) is 6.54 Å². The van der Waals surface area contributed by atoms with Gasteiger partial charge in [-0.25, -0.2) is 4.39 Å². The van der Waals surface area contributed by atoms with E-state index in [1.54, 1.807) is 37.4 Å². The molecule has 1 aromatic carbocycles. The van der Waals surface area contributed by atoms with E-state index in [1.165, 1.54) is 6.07 Å². The van der Waals surface area contributed by atoms with Gasteiger partial charge in [-0.3, -0.25) is 4.79 Å². The van der Waals surface area contributed by atoms with Gasteiger partial charge in [0.15, 0.2) is 5.69 Å². The zero-order valence-electron chi connectivity index (χ0n) is 10.4. The first kappa shape index (κ1) is 12.9. The third kappa shape index (κ3) is 3.25. The largest absolute Gasteiger partial charge is 0.372 e. The number of halogens is 1. The molecule has 1 heterocycles. The van der Waals surface area contributed by atoms with E-state index >= 15 is 0 Å². The molecule has 19 heavy (non-hydrogen) atoms. The second-order valence-corrected chi connectivity index (χ2v) is 3.83. The second kappa shape index (κ2) is 5.90. The minimum absolute atomic E-state index is 0.112. The van der Waals surface area contributed by atoms with Crippen LogP contribution in [0.1, 0.15) is 16.1 Å². The standard InChI is InChI=1S/C13H13FN4O/c1-15-12-7-6-11(17-18-12)13(19)16-8-9-4-2-3-5-10(9)14/h2-7H,8H2,1H3,(H,15,18)(H,16,19). The molecule has 6 heteroatoms. The minimum Gasteiger partial charge on any atom is -0.372 e. The third-order valence-electron chi connectivity index (χ3n) is 2.55. The maximum atomic E-state index is 13.4. The molecule has 0 saturated carbocycles.